The van der Waals surface area contributed by atoms with Crippen molar-refractivity contribution in [3.63, 3.8) is 0 Å². The summed E-state index contributed by atoms with van der Waals surface area (Å²) in [4.78, 5) is 0. The van der Waals surface area contributed by atoms with E-state index in [-0.39, 0.29) is 6.04 Å². The first kappa shape index (κ1) is 17.6. The molecular weight excluding hydrogens is 316 g/mol. The monoisotopic (exact) mass is 344 g/mol. The van der Waals surface area contributed by atoms with Crippen LogP contribution in [0.3, 0.4) is 0 Å². The molecule has 2 aromatic rings. The number of ether oxygens (including phenoxy) is 2. The van der Waals surface area contributed by atoms with E-state index in [9.17, 15) is 0 Å². The normalized spacial score (nSPS) is 17.6. The third kappa shape index (κ3) is 3.74. The molecule has 3 rings (SSSR count). The highest BCUT2D eigenvalue weighted by atomic mass is 16.5. The van der Waals surface area contributed by atoms with E-state index in [4.69, 9.17) is 9.47 Å². The zero-order valence-corrected chi connectivity index (χ0v) is 15.7. The molecular formula is C19H28N4O2. The van der Waals surface area contributed by atoms with E-state index in [0.29, 0.717) is 5.92 Å². The lowest BCUT2D eigenvalue weighted by Gasteiger charge is -2.27. The summed E-state index contributed by atoms with van der Waals surface area (Å²) < 4.78 is 12.9. The molecule has 2 atom stereocenters. The fraction of sp³-hybridized carbons (Fsp3) is 0.526. The van der Waals surface area contributed by atoms with Crippen molar-refractivity contribution in [3.8, 4) is 11.5 Å². The highest BCUT2D eigenvalue weighted by Gasteiger charge is 2.20. The molecule has 1 aromatic carbocycles. The SMILES string of the molecule is COc1cc(C)c(C(C)NCC2CNc3cc(C)nn3C2)cc1OC. The van der Waals surface area contributed by atoms with Gasteiger partial charge in [-0.05, 0) is 44.0 Å². The Balaban J connectivity index is 1.64. The van der Waals surface area contributed by atoms with E-state index >= 15 is 0 Å². The number of hydrogen-bond acceptors (Lipinski definition) is 5. The van der Waals surface area contributed by atoms with Gasteiger partial charge in [-0.25, -0.2) is 4.68 Å². The van der Waals surface area contributed by atoms with Gasteiger partial charge in [-0.2, -0.15) is 5.10 Å². The molecule has 0 aliphatic carbocycles. The molecule has 0 fully saturated rings. The van der Waals surface area contributed by atoms with Crippen LogP contribution < -0.4 is 20.1 Å². The largest absolute Gasteiger partial charge is 0.493 e. The van der Waals surface area contributed by atoms with Crippen LogP contribution in [0.25, 0.3) is 0 Å². The third-order valence-electron chi connectivity index (χ3n) is 4.86. The van der Waals surface area contributed by atoms with Crippen molar-refractivity contribution in [2.75, 3.05) is 32.6 Å². The Bertz CT molecular complexity index is 741. The number of fused-ring (bicyclic) bond motifs is 1. The number of aryl methyl sites for hydroxylation is 2. The van der Waals surface area contributed by atoms with Gasteiger partial charge in [-0.3, -0.25) is 0 Å². The quantitative estimate of drug-likeness (QED) is 0.844. The summed E-state index contributed by atoms with van der Waals surface area (Å²) in [6.45, 7) is 9.17. The summed E-state index contributed by atoms with van der Waals surface area (Å²) in [6.07, 6.45) is 0. The molecule has 2 N–H and O–H groups in total. The van der Waals surface area contributed by atoms with E-state index in [1.54, 1.807) is 14.2 Å². The Morgan fingerprint density at radius 2 is 1.96 bits per heavy atom. The van der Waals surface area contributed by atoms with Crippen molar-refractivity contribution in [2.24, 2.45) is 5.92 Å². The van der Waals surface area contributed by atoms with E-state index in [0.717, 1.165) is 42.6 Å². The van der Waals surface area contributed by atoms with Gasteiger partial charge in [0.2, 0.25) is 0 Å². The van der Waals surface area contributed by atoms with Crippen LogP contribution in [-0.4, -0.2) is 37.1 Å². The van der Waals surface area contributed by atoms with Gasteiger partial charge in [0.25, 0.3) is 0 Å². The van der Waals surface area contributed by atoms with Gasteiger partial charge in [0.05, 0.1) is 19.9 Å². The smallest absolute Gasteiger partial charge is 0.161 e. The molecule has 136 valence electrons. The van der Waals surface area contributed by atoms with Crippen LogP contribution in [-0.2, 0) is 6.54 Å². The van der Waals surface area contributed by atoms with Gasteiger partial charge < -0.3 is 20.1 Å². The standard InChI is InChI=1S/C19H28N4O2/c1-12-6-17(24-4)18(25-5)8-16(12)14(3)20-9-15-10-21-19-7-13(2)22-23(19)11-15/h6-8,14-15,20-21H,9-11H2,1-5H3. The molecule has 6 nitrogen and oxygen atoms in total. The van der Waals surface area contributed by atoms with Gasteiger partial charge in [0, 0.05) is 37.7 Å². The average Bonchev–Trinajstić information content (AvgIpc) is 2.98. The van der Waals surface area contributed by atoms with Crippen molar-refractivity contribution in [2.45, 2.75) is 33.4 Å². The summed E-state index contributed by atoms with van der Waals surface area (Å²) in [5.41, 5.74) is 3.49. The maximum absolute atomic E-state index is 5.44. The second-order valence-corrected chi connectivity index (χ2v) is 6.79. The summed E-state index contributed by atoms with van der Waals surface area (Å²) in [5, 5.41) is 11.7. The van der Waals surface area contributed by atoms with Crippen molar-refractivity contribution < 1.29 is 9.47 Å². The van der Waals surface area contributed by atoms with Crippen LogP contribution in [0.5, 0.6) is 11.5 Å². The number of hydrogen-bond donors (Lipinski definition) is 2. The van der Waals surface area contributed by atoms with Crippen LogP contribution in [0.4, 0.5) is 5.82 Å². The van der Waals surface area contributed by atoms with E-state index in [1.807, 2.05) is 13.0 Å². The Morgan fingerprint density at radius 1 is 1.24 bits per heavy atom. The molecule has 6 heteroatoms. The number of anilines is 1. The Morgan fingerprint density at radius 3 is 2.68 bits per heavy atom. The molecule has 0 saturated heterocycles. The Hall–Kier alpha value is -2.21. The highest BCUT2D eigenvalue weighted by Crippen LogP contribution is 2.33. The maximum Gasteiger partial charge on any atom is 0.161 e. The summed E-state index contributed by atoms with van der Waals surface area (Å²) in [7, 11) is 3.34. The number of rotatable bonds is 6. The molecule has 1 aromatic heterocycles. The fourth-order valence-electron chi connectivity index (χ4n) is 3.44. The number of nitrogens with zero attached hydrogens (tertiary/aromatic N) is 2. The van der Waals surface area contributed by atoms with Crippen LogP contribution >= 0.6 is 0 Å². The number of methoxy groups -OCH3 is 2. The minimum Gasteiger partial charge on any atom is -0.493 e. The number of benzene rings is 1. The van der Waals surface area contributed by atoms with Crippen LogP contribution in [0.1, 0.15) is 29.8 Å². The molecule has 0 radical (unpaired) electrons. The van der Waals surface area contributed by atoms with Gasteiger partial charge in [-0.15, -0.1) is 0 Å². The van der Waals surface area contributed by atoms with Gasteiger partial charge >= 0.3 is 0 Å². The fourth-order valence-corrected chi connectivity index (χ4v) is 3.44. The first-order valence-electron chi connectivity index (χ1n) is 8.76. The molecule has 1 aliphatic heterocycles. The van der Waals surface area contributed by atoms with Crippen LogP contribution in [0.2, 0.25) is 0 Å². The second kappa shape index (κ2) is 7.35. The first-order valence-corrected chi connectivity index (χ1v) is 8.76. The minimum absolute atomic E-state index is 0.237. The van der Waals surface area contributed by atoms with Crippen molar-refractivity contribution in [1.82, 2.24) is 15.1 Å². The number of aromatic nitrogens is 2. The summed E-state index contributed by atoms with van der Waals surface area (Å²) >= 11 is 0. The van der Waals surface area contributed by atoms with Crippen molar-refractivity contribution in [3.05, 3.63) is 35.0 Å². The minimum atomic E-state index is 0.237. The zero-order valence-electron chi connectivity index (χ0n) is 15.7. The van der Waals surface area contributed by atoms with Crippen LogP contribution in [0, 0.1) is 19.8 Å². The molecule has 0 spiro atoms. The van der Waals surface area contributed by atoms with Crippen LogP contribution in [0.15, 0.2) is 18.2 Å². The van der Waals surface area contributed by atoms with Gasteiger partial charge in [0.1, 0.15) is 5.82 Å². The highest BCUT2D eigenvalue weighted by molar-refractivity contribution is 5.48. The molecule has 2 unspecified atom stereocenters. The van der Waals surface area contributed by atoms with Gasteiger partial charge in [-0.1, -0.05) is 0 Å². The predicted molar refractivity (Wildman–Crippen MR) is 99.6 cm³/mol. The molecule has 0 amide bonds. The topological polar surface area (TPSA) is 60.3 Å². The van der Waals surface area contributed by atoms with Crippen molar-refractivity contribution >= 4 is 5.82 Å². The zero-order chi connectivity index (χ0) is 18.0. The Labute approximate surface area is 149 Å². The molecule has 0 saturated carbocycles. The molecule has 0 bridgehead atoms. The average molecular weight is 344 g/mol. The molecule has 2 heterocycles. The van der Waals surface area contributed by atoms with E-state index in [2.05, 4.69) is 46.4 Å². The van der Waals surface area contributed by atoms with E-state index < -0.39 is 0 Å². The van der Waals surface area contributed by atoms with E-state index in [1.165, 1.54) is 11.1 Å². The number of nitrogens with one attached hydrogen (secondary N) is 2. The molecule has 1 aliphatic rings. The third-order valence-corrected chi connectivity index (χ3v) is 4.86. The second-order valence-electron chi connectivity index (χ2n) is 6.79. The lowest BCUT2D eigenvalue weighted by Crippen LogP contribution is -2.36. The summed E-state index contributed by atoms with van der Waals surface area (Å²) in [6, 6.07) is 6.44. The molecule has 25 heavy (non-hydrogen) atoms. The maximum atomic E-state index is 5.44. The Kier molecular flexibility index (Phi) is 5.18. The lowest BCUT2D eigenvalue weighted by molar-refractivity contribution is 0.352. The lowest BCUT2D eigenvalue weighted by atomic mass is 10.0. The summed E-state index contributed by atoms with van der Waals surface area (Å²) in [5.74, 6) is 3.17. The first-order chi connectivity index (χ1) is 12.0. The van der Waals surface area contributed by atoms with Crippen molar-refractivity contribution in [1.29, 1.82) is 0 Å². The van der Waals surface area contributed by atoms with Gasteiger partial charge in [0.15, 0.2) is 11.5 Å². The predicted octanol–water partition coefficient (Wildman–Crippen LogP) is 2.91.